The van der Waals surface area contributed by atoms with E-state index in [9.17, 15) is 14.4 Å². The molecule has 2 amide bonds. The predicted molar refractivity (Wildman–Crippen MR) is 195 cm³/mol. The smallest absolute Gasteiger partial charge is 0.255 e. The normalized spacial score (nSPS) is 19.6. The molecule has 260 valence electrons. The van der Waals surface area contributed by atoms with Crippen molar-refractivity contribution in [2.75, 3.05) is 39.9 Å². The number of aromatic nitrogens is 1. The number of benzene rings is 1. The molecule has 1 aromatic carbocycles. The van der Waals surface area contributed by atoms with Gasteiger partial charge in [-0.25, -0.2) is 0 Å². The maximum absolute atomic E-state index is 14.0. The third-order valence-electron chi connectivity index (χ3n) is 10.7. The van der Waals surface area contributed by atoms with E-state index in [0.29, 0.717) is 41.8 Å². The number of hydrogen-bond donors (Lipinski definition) is 1. The molecule has 3 heterocycles. The van der Waals surface area contributed by atoms with Crippen LogP contribution in [0.4, 0.5) is 0 Å². The van der Waals surface area contributed by atoms with Gasteiger partial charge in [-0.3, -0.25) is 24.3 Å². The van der Waals surface area contributed by atoms with Gasteiger partial charge < -0.3 is 15.0 Å². The van der Waals surface area contributed by atoms with E-state index in [2.05, 4.69) is 49.7 Å². The number of allylic oxidation sites excluding steroid dienone is 4. The van der Waals surface area contributed by atoms with E-state index in [0.717, 1.165) is 79.2 Å². The number of hydrogen-bond acceptors (Lipinski definition) is 6. The van der Waals surface area contributed by atoms with Crippen molar-refractivity contribution in [3.05, 3.63) is 94.5 Å². The fraction of sp³-hybridized carbons (Fsp3) is 0.463. The molecule has 8 nitrogen and oxygen atoms in total. The van der Waals surface area contributed by atoms with Gasteiger partial charge in [0, 0.05) is 68.3 Å². The quantitative estimate of drug-likeness (QED) is 0.281. The van der Waals surface area contributed by atoms with Gasteiger partial charge in [0.05, 0.1) is 24.3 Å². The predicted octanol–water partition coefficient (Wildman–Crippen LogP) is 6.81. The number of morpholine rings is 1. The molecule has 0 saturated carbocycles. The number of aryl methyl sites for hydroxylation is 1. The number of carbonyl (C=O) groups is 3. The van der Waals surface area contributed by atoms with Gasteiger partial charge in [-0.1, -0.05) is 56.7 Å². The summed E-state index contributed by atoms with van der Waals surface area (Å²) in [5.74, 6) is -0.530. The molecular weight excluding hydrogens is 612 g/mol. The lowest BCUT2D eigenvalue weighted by atomic mass is 9.80. The highest BCUT2D eigenvalue weighted by Crippen LogP contribution is 2.41. The van der Waals surface area contributed by atoms with E-state index in [1.165, 1.54) is 0 Å². The number of nitrogens with one attached hydrogen (secondary N) is 1. The van der Waals surface area contributed by atoms with Crippen molar-refractivity contribution in [3.8, 4) is 11.1 Å². The lowest BCUT2D eigenvalue weighted by Gasteiger charge is -2.27. The molecule has 2 aromatic rings. The minimum absolute atomic E-state index is 0.00908. The second kappa shape index (κ2) is 14.8. The van der Waals surface area contributed by atoms with Crippen LogP contribution in [-0.4, -0.2) is 72.3 Å². The van der Waals surface area contributed by atoms with E-state index >= 15 is 0 Å². The largest absolute Gasteiger partial charge is 0.379 e. The van der Waals surface area contributed by atoms with Crippen molar-refractivity contribution in [1.29, 1.82) is 0 Å². The molecular formula is C41H52N4O4. The topological polar surface area (TPSA) is 91.8 Å². The van der Waals surface area contributed by atoms with Crippen LogP contribution in [0.2, 0.25) is 0 Å². The third kappa shape index (κ3) is 8.03. The Labute approximate surface area is 292 Å². The van der Waals surface area contributed by atoms with Gasteiger partial charge in [0.1, 0.15) is 0 Å². The van der Waals surface area contributed by atoms with Crippen LogP contribution in [0.3, 0.4) is 0 Å². The second-order valence-electron chi connectivity index (χ2n) is 14.9. The van der Waals surface area contributed by atoms with E-state index in [1.54, 1.807) is 11.0 Å². The average Bonchev–Trinajstić information content (AvgIpc) is 3.49. The van der Waals surface area contributed by atoms with E-state index < -0.39 is 5.41 Å². The number of ketones is 1. The highest BCUT2D eigenvalue weighted by molar-refractivity contribution is 6.20. The Morgan fingerprint density at radius 1 is 1.12 bits per heavy atom. The van der Waals surface area contributed by atoms with Crippen molar-refractivity contribution in [2.24, 2.45) is 10.8 Å². The van der Waals surface area contributed by atoms with Crippen LogP contribution in [0, 0.1) is 17.8 Å². The number of likely N-dealkylation sites (tertiary alicyclic amines) is 1. The summed E-state index contributed by atoms with van der Waals surface area (Å²) in [6, 6.07) is 10.0. The molecule has 2 saturated heterocycles. The minimum Gasteiger partial charge on any atom is -0.379 e. The van der Waals surface area contributed by atoms with Crippen LogP contribution in [0.5, 0.6) is 0 Å². The van der Waals surface area contributed by atoms with Gasteiger partial charge >= 0.3 is 0 Å². The van der Waals surface area contributed by atoms with E-state index in [4.69, 9.17) is 9.72 Å². The second-order valence-corrected chi connectivity index (χ2v) is 14.9. The number of carbonyl (C=O) groups excluding carboxylic acids is 3. The molecule has 2 fully saturated rings. The summed E-state index contributed by atoms with van der Waals surface area (Å²) in [4.78, 5) is 49.7. The number of pyridine rings is 1. The van der Waals surface area contributed by atoms with Crippen LogP contribution in [-0.2, 0) is 25.7 Å². The molecule has 0 bridgehead atoms. The van der Waals surface area contributed by atoms with Gasteiger partial charge in [-0.2, -0.15) is 0 Å². The van der Waals surface area contributed by atoms with Crippen LogP contribution in [0.15, 0.2) is 77.7 Å². The first kappa shape index (κ1) is 36.1. The fourth-order valence-electron chi connectivity index (χ4n) is 6.74. The minimum atomic E-state index is -0.783. The van der Waals surface area contributed by atoms with Gasteiger partial charge in [-0.05, 0) is 86.4 Å². The summed E-state index contributed by atoms with van der Waals surface area (Å²) in [5.41, 5.74) is 7.08. The molecule has 3 aliphatic rings. The summed E-state index contributed by atoms with van der Waals surface area (Å²) in [7, 11) is 1.81. The fourth-order valence-corrected chi connectivity index (χ4v) is 6.74. The molecule has 0 atom stereocenters. The highest BCUT2D eigenvalue weighted by atomic mass is 16.5. The Hall–Kier alpha value is -4.14. The molecule has 0 spiro atoms. The molecule has 1 N–H and O–H groups in total. The zero-order valence-electron chi connectivity index (χ0n) is 30.4. The zero-order chi connectivity index (χ0) is 35.5. The maximum Gasteiger partial charge on any atom is 0.255 e. The molecule has 0 unspecified atom stereocenters. The highest BCUT2D eigenvalue weighted by Gasteiger charge is 2.37. The Morgan fingerprint density at radius 2 is 1.86 bits per heavy atom. The summed E-state index contributed by atoms with van der Waals surface area (Å²) in [6.45, 7) is 21.2. The van der Waals surface area contributed by atoms with Crippen molar-refractivity contribution in [3.63, 3.8) is 0 Å². The third-order valence-corrected chi connectivity index (χ3v) is 10.7. The van der Waals surface area contributed by atoms with Crippen LogP contribution >= 0.6 is 0 Å². The zero-order valence-corrected chi connectivity index (χ0v) is 30.4. The first-order valence-corrected chi connectivity index (χ1v) is 17.5. The van der Waals surface area contributed by atoms with Gasteiger partial charge in [0.2, 0.25) is 5.91 Å². The van der Waals surface area contributed by atoms with Crippen molar-refractivity contribution < 1.29 is 19.1 Å². The monoisotopic (exact) mass is 664 g/mol. The lowest BCUT2D eigenvalue weighted by Crippen LogP contribution is -2.37. The van der Waals surface area contributed by atoms with Crippen LogP contribution in [0.1, 0.15) is 77.1 Å². The molecule has 0 radical (unpaired) electrons. The summed E-state index contributed by atoms with van der Waals surface area (Å²) in [5, 5.41) is 3.08. The number of nitrogens with zero attached hydrogens (tertiary/aromatic N) is 3. The average molecular weight is 665 g/mol. The summed E-state index contributed by atoms with van der Waals surface area (Å²) >= 11 is 0. The van der Waals surface area contributed by atoms with Crippen molar-refractivity contribution in [2.45, 2.75) is 73.8 Å². The molecule has 2 aliphatic heterocycles. The number of ether oxygens (including phenoxy) is 1. The van der Waals surface area contributed by atoms with Crippen LogP contribution < -0.4 is 5.32 Å². The van der Waals surface area contributed by atoms with E-state index in [1.807, 2.05) is 58.3 Å². The summed E-state index contributed by atoms with van der Waals surface area (Å²) < 4.78 is 5.46. The lowest BCUT2D eigenvalue weighted by molar-refractivity contribution is -0.136. The van der Waals surface area contributed by atoms with E-state index in [-0.39, 0.29) is 23.0 Å². The SMILES string of the molecule is C=C(C(=O)NC1=C(C(=O)C=C2CCCN(C)C(=O)C2(C)C)C=C(C(C)(C)CC)C1)c1ccc(C)c(-c2ccc(CN3CCOCC3)nc2)c1. The summed E-state index contributed by atoms with van der Waals surface area (Å²) in [6.07, 6.45) is 8.29. The van der Waals surface area contributed by atoms with Crippen molar-refractivity contribution >= 4 is 23.2 Å². The number of amides is 2. The molecule has 49 heavy (non-hydrogen) atoms. The first-order valence-electron chi connectivity index (χ1n) is 17.5. The first-order chi connectivity index (χ1) is 23.2. The standard InChI is InChI=1S/C41H52N4O4/c1-9-40(4,5)32-22-35(37(46)24-31-11-10-16-44(8)39(48)41(31,6)7)36(23-32)43-38(47)28(3)29-13-12-27(2)34(21-29)30-14-15-33(42-25-30)26-45-17-19-49-20-18-45/h12-15,21-22,24-25H,3,9-11,16-20,23,26H2,1-2,4-8H3,(H,43,47). The Bertz CT molecular complexity index is 1720. The van der Waals surface area contributed by atoms with Crippen molar-refractivity contribution in [1.82, 2.24) is 20.1 Å². The maximum atomic E-state index is 14.0. The molecule has 5 rings (SSSR count). The molecule has 8 heteroatoms. The van der Waals surface area contributed by atoms with Crippen LogP contribution in [0.25, 0.3) is 16.7 Å². The Balaban J connectivity index is 1.38. The van der Waals surface area contributed by atoms with Gasteiger partial charge in [-0.15, -0.1) is 0 Å². The van der Waals surface area contributed by atoms with Gasteiger partial charge in [0.25, 0.3) is 5.91 Å². The Kier molecular flexibility index (Phi) is 10.9. The number of rotatable bonds is 10. The molecule has 1 aliphatic carbocycles. The Morgan fingerprint density at radius 3 is 2.53 bits per heavy atom. The van der Waals surface area contributed by atoms with Gasteiger partial charge in [0.15, 0.2) is 5.78 Å². The molecule has 1 aromatic heterocycles.